The van der Waals surface area contributed by atoms with Crippen LogP contribution in [-0.4, -0.2) is 37.1 Å². The van der Waals surface area contributed by atoms with E-state index in [1.165, 1.54) is 6.92 Å². The predicted molar refractivity (Wildman–Crippen MR) is 113 cm³/mol. The Balaban J connectivity index is 0.00000420. The average molecular weight is 464 g/mol. The molecule has 8 nitrogen and oxygen atoms in total. The first kappa shape index (κ1) is 25.1. The van der Waals surface area contributed by atoms with E-state index in [0.717, 1.165) is 11.6 Å². The second-order valence-electron chi connectivity index (χ2n) is 7.12. The van der Waals surface area contributed by atoms with Gasteiger partial charge in [0.05, 0.1) is 18.2 Å². The minimum atomic E-state index is -3.46. The van der Waals surface area contributed by atoms with Crippen LogP contribution < -0.4 is 10.2 Å². The molecule has 0 saturated heterocycles. The van der Waals surface area contributed by atoms with Crippen molar-refractivity contribution in [2.24, 2.45) is 0 Å². The number of carbonyl (C=O) groups excluding carboxylic acids is 2. The van der Waals surface area contributed by atoms with Gasteiger partial charge in [0.15, 0.2) is 0 Å². The summed E-state index contributed by atoms with van der Waals surface area (Å²) < 4.78 is 26.0. The number of fused-ring (bicyclic) bond motifs is 1. The van der Waals surface area contributed by atoms with Crippen LogP contribution in [0.2, 0.25) is 5.15 Å². The lowest BCUT2D eigenvalue weighted by atomic mass is 9.90. The molecule has 2 N–H and O–H groups in total. The number of halogens is 2. The molecule has 0 unspecified atom stereocenters. The third-order valence-corrected chi connectivity index (χ3v) is 5.01. The summed E-state index contributed by atoms with van der Waals surface area (Å²) in [4.78, 5) is 32.1. The summed E-state index contributed by atoms with van der Waals surface area (Å²) in [5, 5.41) is 0.862. The van der Waals surface area contributed by atoms with E-state index in [4.69, 9.17) is 16.4 Å². The molecule has 0 radical (unpaired) electrons. The summed E-state index contributed by atoms with van der Waals surface area (Å²) in [6, 6.07) is 7.23. The van der Waals surface area contributed by atoms with E-state index in [1.807, 2.05) is 17.6 Å². The van der Waals surface area contributed by atoms with Crippen molar-refractivity contribution in [3.05, 3.63) is 40.5 Å². The summed E-state index contributed by atoms with van der Waals surface area (Å²) in [5.41, 5.74) is 2.84. The number of aromatic nitrogens is 1. The van der Waals surface area contributed by atoms with Gasteiger partial charge in [-0.1, -0.05) is 29.8 Å². The molecule has 2 rings (SSSR count). The van der Waals surface area contributed by atoms with Gasteiger partial charge in [0, 0.05) is 23.4 Å². The van der Waals surface area contributed by atoms with Gasteiger partial charge in [-0.25, -0.2) is 22.9 Å². The van der Waals surface area contributed by atoms with Gasteiger partial charge in [0.25, 0.3) is 0 Å². The Hall–Kier alpha value is -1.94. The van der Waals surface area contributed by atoms with E-state index >= 15 is 0 Å². The predicted octanol–water partition coefficient (Wildman–Crippen LogP) is 2.32. The highest BCUT2D eigenvalue weighted by Crippen LogP contribution is 2.30. The molecule has 1 heterocycles. The van der Waals surface area contributed by atoms with Crippen LogP contribution in [0, 0.1) is 0 Å². The van der Waals surface area contributed by atoms with E-state index < -0.39 is 27.4 Å². The van der Waals surface area contributed by atoms with Crippen molar-refractivity contribution in [1.82, 2.24) is 15.2 Å². The smallest absolute Gasteiger partial charge is 0.336 e. The van der Waals surface area contributed by atoms with Gasteiger partial charge in [-0.2, -0.15) is 5.48 Å². The van der Waals surface area contributed by atoms with Gasteiger partial charge in [0.2, 0.25) is 15.9 Å². The third kappa shape index (κ3) is 7.43. The number of pyridine rings is 1. The van der Waals surface area contributed by atoms with Crippen molar-refractivity contribution < 1.29 is 22.8 Å². The lowest BCUT2D eigenvalue weighted by Gasteiger charge is -2.27. The number of carbonyl (C=O) groups is 2. The van der Waals surface area contributed by atoms with Gasteiger partial charge in [-0.3, -0.25) is 4.79 Å². The van der Waals surface area contributed by atoms with Crippen LogP contribution in [0.4, 0.5) is 0 Å². The minimum Gasteiger partial charge on any atom is -0.340 e. The number of hydrogen-bond acceptors (Lipinski definition) is 6. The molecule has 0 saturated carbocycles. The molecule has 0 aliphatic carbocycles. The Morgan fingerprint density at radius 3 is 2.41 bits per heavy atom. The van der Waals surface area contributed by atoms with E-state index in [2.05, 4.69) is 9.71 Å². The van der Waals surface area contributed by atoms with Crippen molar-refractivity contribution in [1.29, 1.82) is 0 Å². The third-order valence-electron chi connectivity index (χ3n) is 3.77. The van der Waals surface area contributed by atoms with Crippen LogP contribution in [0.15, 0.2) is 24.3 Å². The molecular formula is C18H23Cl2N3O5S. The molecule has 0 bridgehead atoms. The summed E-state index contributed by atoms with van der Waals surface area (Å²) >= 11 is 6.33. The van der Waals surface area contributed by atoms with Crippen molar-refractivity contribution in [2.45, 2.75) is 39.2 Å². The van der Waals surface area contributed by atoms with Crippen LogP contribution in [0.3, 0.4) is 0 Å². The van der Waals surface area contributed by atoms with Gasteiger partial charge in [-0.15, -0.1) is 12.4 Å². The summed E-state index contributed by atoms with van der Waals surface area (Å²) in [7, 11) is -3.46. The van der Waals surface area contributed by atoms with Crippen LogP contribution in [-0.2, 0) is 37.3 Å². The molecule has 2 aromatic rings. The second kappa shape index (κ2) is 9.71. The maximum atomic E-state index is 12.1. The molecule has 11 heteroatoms. The van der Waals surface area contributed by atoms with E-state index in [9.17, 15) is 18.0 Å². The fraction of sp³-hybridized carbons (Fsp3) is 0.389. The van der Waals surface area contributed by atoms with E-state index in [0.29, 0.717) is 16.6 Å². The fourth-order valence-corrected chi connectivity index (χ4v) is 4.31. The monoisotopic (exact) mass is 463 g/mol. The molecule has 1 amide bonds. The molecule has 0 atom stereocenters. The SMILES string of the molecule is CC(=O)NOC(=O)Cc1c(Cl)nc2ccccc2c1CC(C)(C)NS(C)(=O)=O.Cl. The Kier molecular flexibility index (Phi) is 8.40. The van der Waals surface area contributed by atoms with E-state index in [1.54, 1.807) is 26.0 Å². The zero-order chi connectivity index (χ0) is 21.1. The average Bonchev–Trinajstić information content (AvgIpc) is 2.53. The molecule has 0 aliphatic rings. The van der Waals surface area contributed by atoms with Crippen LogP contribution in [0.5, 0.6) is 0 Å². The number of nitrogens with one attached hydrogen (secondary N) is 2. The quantitative estimate of drug-likeness (QED) is 0.501. The Morgan fingerprint density at radius 2 is 1.83 bits per heavy atom. The van der Waals surface area contributed by atoms with Crippen molar-refractivity contribution in [3.8, 4) is 0 Å². The second-order valence-corrected chi connectivity index (χ2v) is 9.23. The number of hydroxylamine groups is 1. The Bertz CT molecular complexity index is 1030. The molecular weight excluding hydrogens is 441 g/mol. The largest absolute Gasteiger partial charge is 0.340 e. The highest BCUT2D eigenvalue weighted by Gasteiger charge is 2.27. The number of rotatable bonds is 6. The summed E-state index contributed by atoms with van der Waals surface area (Å²) in [6.07, 6.45) is 1.10. The first-order valence-electron chi connectivity index (χ1n) is 8.39. The van der Waals surface area contributed by atoms with Crippen LogP contribution in [0.25, 0.3) is 10.9 Å². The molecule has 1 aromatic carbocycles. The number of amides is 1. The van der Waals surface area contributed by atoms with Gasteiger partial charge in [-0.05, 0) is 31.9 Å². The first-order chi connectivity index (χ1) is 12.9. The van der Waals surface area contributed by atoms with Crippen LogP contribution >= 0.6 is 24.0 Å². The fourth-order valence-electron chi connectivity index (χ4n) is 2.96. The number of sulfonamides is 1. The topological polar surface area (TPSA) is 114 Å². The zero-order valence-corrected chi connectivity index (χ0v) is 18.8. The molecule has 0 spiro atoms. The first-order valence-corrected chi connectivity index (χ1v) is 10.7. The number of para-hydroxylation sites is 1. The van der Waals surface area contributed by atoms with Gasteiger partial charge >= 0.3 is 5.97 Å². The highest BCUT2D eigenvalue weighted by atomic mass is 35.5. The van der Waals surface area contributed by atoms with Crippen molar-refractivity contribution >= 4 is 56.8 Å². The van der Waals surface area contributed by atoms with Gasteiger partial charge < -0.3 is 4.84 Å². The van der Waals surface area contributed by atoms with Gasteiger partial charge in [0.1, 0.15) is 5.15 Å². The number of benzene rings is 1. The molecule has 1 aromatic heterocycles. The van der Waals surface area contributed by atoms with Crippen molar-refractivity contribution in [2.75, 3.05) is 6.26 Å². The summed E-state index contributed by atoms with van der Waals surface area (Å²) in [5.74, 6) is -1.24. The molecule has 0 fully saturated rings. The lowest BCUT2D eigenvalue weighted by Crippen LogP contribution is -2.44. The maximum Gasteiger partial charge on any atom is 0.336 e. The Morgan fingerprint density at radius 1 is 1.21 bits per heavy atom. The number of nitrogens with zero attached hydrogens (tertiary/aromatic N) is 1. The molecule has 0 aliphatic heterocycles. The summed E-state index contributed by atoms with van der Waals surface area (Å²) in [6.45, 7) is 4.68. The number of hydrogen-bond donors (Lipinski definition) is 2. The highest BCUT2D eigenvalue weighted by molar-refractivity contribution is 7.88. The van der Waals surface area contributed by atoms with E-state index in [-0.39, 0.29) is 30.4 Å². The standard InChI is InChI=1S/C18H22ClN3O5S.ClH/c1-11(23)21-27-16(24)9-13-14(10-18(2,3)22-28(4,25)26)12-7-5-6-8-15(12)20-17(13)19;/h5-8,22H,9-10H2,1-4H3,(H,21,23);1H. The molecule has 29 heavy (non-hydrogen) atoms. The van der Waals surface area contributed by atoms with Crippen LogP contribution in [0.1, 0.15) is 31.9 Å². The maximum absolute atomic E-state index is 12.1. The normalized spacial score (nSPS) is 11.6. The van der Waals surface area contributed by atoms with Crippen molar-refractivity contribution in [3.63, 3.8) is 0 Å². The minimum absolute atomic E-state index is 0. The Labute approximate surface area is 180 Å². The molecule has 160 valence electrons. The zero-order valence-electron chi connectivity index (χ0n) is 16.4. The lowest BCUT2D eigenvalue weighted by molar-refractivity contribution is -0.156.